The first-order chi connectivity index (χ1) is 15.8. The summed E-state index contributed by atoms with van der Waals surface area (Å²) in [6.07, 6.45) is -2.54. The molecule has 1 N–H and O–H groups in total. The van der Waals surface area contributed by atoms with Gasteiger partial charge in [0, 0.05) is 5.41 Å². The summed E-state index contributed by atoms with van der Waals surface area (Å²) in [5, 5.41) is 3.40. The minimum absolute atomic E-state index is 0.121. The first-order valence-electron chi connectivity index (χ1n) is 11.4. The zero-order valence-electron chi connectivity index (χ0n) is 19.1. The van der Waals surface area contributed by atoms with E-state index in [1.54, 1.807) is 0 Å². The smallest absolute Gasteiger partial charge is 0.376 e. The van der Waals surface area contributed by atoms with Gasteiger partial charge in [-0.2, -0.15) is 13.2 Å². The molecule has 5 heteroatoms. The first-order valence-corrected chi connectivity index (χ1v) is 11.4. The minimum Gasteiger partial charge on any atom is -0.376 e. The topological polar surface area (TPSA) is 21.3 Å². The van der Waals surface area contributed by atoms with Crippen LogP contribution in [0, 0.1) is 13.8 Å². The number of halogens is 3. The monoisotopic (exact) mass is 453 g/mol. The maximum atomic E-state index is 13.7. The van der Waals surface area contributed by atoms with Gasteiger partial charge in [0.15, 0.2) is 0 Å². The Bertz CT molecular complexity index is 1070. The summed E-state index contributed by atoms with van der Waals surface area (Å²) < 4.78 is 47.3. The highest BCUT2D eigenvalue weighted by Gasteiger charge is 2.34. The molecule has 3 aromatic carbocycles. The molecular formula is C28H30F3NO. The van der Waals surface area contributed by atoms with E-state index < -0.39 is 11.7 Å². The Morgan fingerprint density at radius 3 is 2.18 bits per heavy atom. The molecule has 0 saturated carbocycles. The SMILES string of the molecule is Cc1cccc(C)c1-c1cc(COCC2(c3ccccc3)CCNCC2)cc(C(F)(F)F)c1. The minimum atomic E-state index is -4.42. The van der Waals surface area contributed by atoms with Crippen LogP contribution < -0.4 is 5.32 Å². The van der Waals surface area contributed by atoms with Gasteiger partial charge in [-0.15, -0.1) is 0 Å². The molecule has 3 aromatic rings. The van der Waals surface area contributed by atoms with Gasteiger partial charge < -0.3 is 10.1 Å². The number of rotatable bonds is 6. The molecule has 0 bridgehead atoms. The fraction of sp³-hybridized carbons (Fsp3) is 0.357. The summed E-state index contributed by atoms with van der Waals surface area (Å²) in [5.41, 5.74) is 4.36. The molecule has 0 aromatic heterocycles. The highest BCUT2D eigenvalue weighted by Crippen LogP contribution is 2.37. The van der Waals surface area contributed by atoms with Crippen molar-refractivity contribution in [3.05, 3.63) is 94.5 Å². The third-order valence-electron chi connectivity index (χ3n) is 6.68. The van der Waals surface area contributed by atoms with Crippen molar-refractivity contribution in [2.24, 2.45) is 0 Å². The van der Waals surface area contributed by atoms with Gasteiger partial charge in [0.1, 0.15) is 0 Å². The van der Waals surface area contributed by atoms with Crippen molar-refractivity contribution in [1.82, 2.24) is 5.32 Å². The highest BCUT2D eigenvalue weighted by atomic mass is 19.4. The summed E-state index contributed by atoms with van der Waals surface area (Å²) in [6.45, 7) is 6.29. The largest absolute Gasteiger partial charge is 0.416 e. The third-order valence-corrected chi connectivity index (χ3v) is 6.68. The molecule has 174 valence electrons. The zero-order chi connectivity index (χ0) is 23.5. The molecule has 4 rings (SSSR count). The molecular weight excluding hydrogens is 423 g/mol. The van der Waals surface area contributed by atoms with Crippen LogP contribution in [0.4, 0.5) is 13.2 Å². The van der Waals surface area contributed by atoms with E-state index in [1.165, 1.54) is 17.7 Å². The summed E-state index contributed by atoms with van der Waals surface area (Å²) >= 11 is 0. The number of aryl methyl sites for hydroxylation is 2. The van der Waals surface area contributed by atoms with Crippen molar-refractivity contribution in [2.45, 2.75) is 44.9 Å². The molecule has 0 atom stereocenters. The Labute approximate surface area is 193 Å². The molecule has 0 amide bonds. The van der Waals surface area contributed by atoms with Crippen molar-refractivity contribution < 1.29 is 17.9 Å². The van der Waals surface area contributed by atoms with E-state index in [9.17, 15) is 13.2 Å². The maximum absolute atomic E-state index is 13.7. The van der Waals surface area contributed by atoms with Gasteiger partial charge in [-0.3, -0.25) is 0 Å². The average molecular weight is 454 g/mol. The standard InChI is InChI=1S/C28H30F3NO/c1-20-7-6-8-21(2)26(20)23-15-22(16-25(17-23)28(29,30)31)18-33-19-27(11-13-32-14-12-27)24-9-4-3-5-10-24/h3-10,15-17,32H,11-14,18-19H2,1-2H3. The molecule has 2 nitrogen and oxygen atoms in total. The molecule has 1 fully saturated rings. The van der Waals surface area contributed by atoms with Crippen molar-refractivity contribution in [2.75, 3.05) is 19.7 Å². The van der Waals surface area contributed by atoms with Gasteiger partial charge in [-0.05, 0) is 91.4 Å². The van der Waals surface area contributed by atoms with E-state index in [-0.39, 0.29) is 12.0 Å². The number of piperidine rings is 1. The normalized spacial score (nSPS) is 16.0. The lowest BCUT2D eigenvalue weighted by molar-refractivity contribution is -0.137. The van der Waals surface area contributed by atoms with Gasteiger partial charge in [-0.25, -0.2) is 0 Å². The van der Waals surface area contributed by atoms with Crippen LogP contribution in [0.25, 0.3) is 11.1 Å². The third kappa shape index (κ3) is 5.31. The van der Waals surface area contributed by atoms with E-state index in [1.807, 2.05) is 56.3 Å². The summed E-state index contributed by atoms with van der Waals surface area (Å²) in [7, 11) is 0. The van der Waals surface area contributed by atoms with Crippen molar-refractivity contribution >= 4 is 0 Å². The van der Waals surface area contributed by atoms with E-state index in [0.717, 1.165) is 42.6 Å². The second kappa shape index (κ2) is 9.70. The lowest BCUT2D eigenvalue weighted by Gasteiger charge is -2.38. The van der Waals surface area contributed by atoms with E-state index in [4.69, 9.17) is 4.74 Å². The predicted octanol–water partition coefficient (Wildman–Crippen LogP) is 6.83. The fourth-order valence-electron chi connectivity index (χ4n) is 4.93. The average Bonchev–Trinajstić information content (AvgIpc) is 2.79. The predicted molar refractivity (Wildman–Crippen MR) is 126 cm³/mol. The number of benzene rings is 3. The Morgan fingerprint density at radius 2 is 1.55 bits per heavy atom. The molecule has 1 aliphatic heterocycles. The van der Waals surface area contributed by atoms with Crippen LogP contribution in [0.5, 0.6) is 0 Å². The van der Waals surface area contributed by atoms with Crippen LogP contribution in [0.3, 0.4) is 0 Å². The number of ether oxygens (including phenoxy) is 1. The van der Waals surface area contributed by atoms with Crippen LogP contribution in [-0.2, 0) is 22.9 Å². The van der Waals surface area contributed by atoms with Crippen LogP contribution in [0.1, 0.15) is 40.7 Å². The van der Waals surface area contributed by atoms with Gasteiger partial charge in [0.25, 0.3) is 0 Å². The Balaban J connectivity index is 1.61. The van der Waals surface area contributed by atoms with E-state index in [2.05, 4.69) is 17.4 Å². The van der Waals surface area contributed by atoms with Crippen molar-refractivity contribution in [3.8, 4) is 11.1 Å². The van der Waals surface area contributed by atoms with Crippen LogP contribution >= 0.6 is 0 Å². The van der Waals surface area contributed by atoms with Gasteiger partial charge >= 0.3 is 6.18 Å². The molecule has 1 heterocycles. The second-order valence-electron chi connectivity index (χ2n) is 9.07. The maximum Gasteiger partial charge on any atom is 0.416 e. The summed E-state index contributed by atoms with van der Waals surface area (Å²) in [4.78, 5) is 0. The molecule has 0 radical (unpaired) electrons. The number of nitrogens with one attached hydrogen (secondary N) is 1. The molecule has 0 unspecified atom stereocenters. The lowest BCUT2D eigenvalue weighted by Crippen LogP contribution is -2.43. The number of alkyl halides is 3. The van der Waals surface area contributed by atoms with Gasteiger partial charge in [0.05, 0.1) is 18.8 Å². The van der Waals surface area contributed by atoms with Crippen LogP contribution in [0.2, 0.25) is 0 Å². The Morgan fingerprint density at radius 1 is 0.879 bits per heavy atom. The second-order valence-corrected chi connectivity index (χ2v) is 9.07. The van der Waals surface area contributed by atoms with Gasteiger partial charge in [-0.1, -0.05) is 48.5 Å². The molecule has 0 spiro atoms. The summed E-state index contributed by atoms with van der Waals surface area (Å²) in [6, 6.07) is 20.4. The first kappa shape index (κ1) is 23.5. The van der Waals surface area contributed by atoms with Crippen LogP contribution in [-0.4, -0.2) is 19.7 Å². The molecule has 1 aliphatic rings. The Kier molecular flexibility index (Phi) is 6.91. The quantitative estimate of drug-likeness (QED) is 0.442. The van der Waals surface area contributed by atoms with Crippen molar-refractivity contribution in [1.29, 1.82) is 0 Å². The molecule has 1 saturated heterocycles. The zero-order valence-corrected chi connectivity index (χ0v) is 19.1. The fourth-order valence-corrected chi connectivity index (χ4v) is 4.93. The summed E-state index contributed by atoms with van der Waals surface area (Å²) in [5.74, 6) is 0. The van der Waals surface area contributed by atoms with Gasteiger partial charge in [0.2, 0.25) is 0 Å². The highest BCUT2D eigenvalue weighted by molar-refractivity contribution is 5.72. The lowest BCUT2D eigenvalue weighted by atomic mass is 9.74. The number of hydrogen-bond acceptors (Lipinski definition) is 2. The molecule has 33 heavy (non-hydrogen) atoms. The van der Waals surface area contributed by atoms with E-state index in [0.29, 0.717) is 17.7 Å². The number of hydrogen-bond donors (Lipinski definition) is 1. The van der Waals surface area contributed by atoms with E-state index >= 15 is 0 Å². The molecule has 0 aliphatic carbocycles. The Hall–Kier alpha value is -2.63. The van der Waals surface area contributed by atoms with Crippen LogP contribution in [0.15, 0.2) is 66.7 Å². The van der Waals surface area contributed by atoms with Crippen molar-refractivity contribution in [3.63, 3.8) is 0 Å².